The number of anilines is 1. The van der Waals surface area contributed by atoms with Crippen molar-refractivity contribution in [2.45, 2.75) is 25.7 Å². The number of benzene rings is 1. The van der Waals surface area contributed by atoms with Gasteiger partial charge in [-0.3, -0.25) is 24.2 Å². The van der Waals surface area contributed by atoms with Gasteiger partial charge in [-0.05, 0) is 81.4 Å². The van der Waals surface area contributed by atoms with Gasteiger partial charge in [0.15, 0.2) is 11.5 Å². The molecular weight excluding hydrogens is 619 g/mol. The monoisotopic (exact) mass is 650 g/mol. The number of carbonyl (C=O) groups excluding carboxylic acids is 2. The van der Waals surface area contributed by atoms with Crippen molar-refractivity contribution in [3.63, 3.8) is 0 Å². The molecule has 1 aliphatic heterocycles. The average molecular weight is 651 g/mol. The summed E-state index contributed by atoms with van der Waals surface area (Å²) in [5.41, 5.74) is 11.4. The second-order valence-corrected chi connectivity index (χ2v) is 12.5. The first-order valence-electron chi connectivity index (χ1n) is 15.1. The number of pyridine rings is 1. The van der Waals surface area contributed by atoms with E-state index in [0.29, 0.717) is 38.4 Å². The minimum atomic E-state index is -0.340. The summed E-state index contributed by atoms with van der Waals surface area (Å²) in [7, 11) is 1.91. The minimum absolute atomic E-state index is 0.148. The highest BCUT2D eigenvalue weighted by Crippen LogP contribution is 2.40. The van der Waals surface area contributed by atoms with Crippen LogP contribution in [0.5, 0.6) is 0 Å². The molecule has 2 amide bonds. The van der Waals surface area contributed by atoms with Crippen LogP contribution in [-0.4, -0.2) is 70.7 Å². The Hall–Kier alpha value is -5.34. The lowest BCUT2D eigenvalue weighted by Crippen LogP contribution is -2.39. The summed E-state index contributed by atoms with van der Waals surface area (Å²) in [6.45, 7) is 3.49. The number of carbonyl (C=O) groups is 2. The second-order valence-electron chi connectivity index (χ2n) is 11.5. The fraction of sp³-hybridized carbons (Fsp3) is 0.242. The number of nitrogens with one attached hydrogen (secondary N) is 1. The maximum absolute atomic E-state index is 13.9. The van der Waals surface area contributed by atoms with Crippen LogP contribution in [0.2, 0.25) is 0 Å². The van der Waals surface area contributed by atoms with Crippen LogP contribution in [-0.2, 0) is 11.8 Å². The Morgan fingerprint density at radius 1 is 1.04 bits per heavy atom. The molecule has 0 atom stereocenters. The molecule has 3 N–H and O–H groups in total. The van der Waals surface area contributed by atoms with Gasteiger partial charge in [0.05, 0.1) is 35.4 Å². The number of halogens is 1. The number of nitrogens with two attached hydrogens (primary N) is 1. The quantitative estimate of drug-likeness (QED) is 0.241. The molecule has 0 unspecified atom stereocenters. The van der Waals surface area contributed by atoms with Crippen molar-refractivity contribution in [3.8, 4) is 33.1 Å². The number of imidazole rings is 1. The van der Waals surface area contributed by atoms with Crippen molar-refractivity contribution < 1.29 is 14.0 Å². The molecule has 6 heterocycles. The third-order valence-electron chi connectivity index (χ3n) is 8.29. The van der Waals surface area contributed by atoms with Crippen LogP contribution in [0, 0.1) is 12.7 Å². The van der Waals surface area contributed by atoms with E-state index in [2.05, 4.69) is 25.2 Å². The first-order chi connectivity index (χ1) is 22.7. The molecule has 14 heteroatoms. The number of hydrogen-bond acceptors (Lipinski definition) is 9. The van der Waals surface area contributed by atoms with Crippen molar-refractivity contribution in [1.82, 2.24) is 39.2 Å². The molecule has 0 bridgehead atoms. The van der Waals surface area contributed by atoms with Gasteiger partial charge in [0, 0.05) is 36.5 Å². The van der Waals surface area contributed by atoms with Gasteiger partial charge in [-0.1, -0.05) is 0 Å². The Morgan fingerprint density at radius 3 is 2.55 bits per heavy atom. The van der Waals surface area contributed by atoms with Crippen LogP contribution in [0.1, 0.15) is 39.8 Å². The van der Waals surface area contributed by atoms with Gasteiger partial charge in [-0.25, -0.2) is 18.9 Å². The Labute approximate surface area is 273 Å². The normalized spacial score (nSPS) is 14.1. The first kappa shape index (κ1) is 30.3. The SMILES string of the molecule is Cc1nc(-c2cccnc2)sc1C(=O)Nc1cn2nc(-c3c(-c4ccc(F)cc4)nn(C)c3C3CCN(CC(N)=O)CC3)ccc2n1. The van der Waals surface area contributed by atoms with E-state index in [9.17, 15) is 14.0 Å². The number of fused-ring (bicyclic) bond motifs is 1. The van der Waals surface area contributed by atoms with Crippen LogP contribution in [0.15, 0.2) is 67.1 Å². The van der Waals surface area contributed by atoms with Crippen molar-refractivity contribution >= 4 is 34.6 Å². The van der Waals surface area contributed by atoms with Gasteiger partial charge in [0.2, 0.25) is 5.91 Å². The number of aromatic nitrogens is 7. The molecule has 1 aliphatic rings. The lowest BCUT2D eigenvalue weighted by atomic mass is 9.88. The predicted octanol–water partition coefficient (Wildman–Crippen LogP) is 4.68. The number of thiazole rings is 1. The van der Waals surface area contributed by atoms with Crippen LogP contribution in [0.3, 0.4) is 0 Å². The highest BCUT2D eigenvalue weighted by molar-refractivity contribution is 7.17. The van der Waals surface area contributed by atoms with Crippen molar-refractivity contribution in [2.75, 3.05) is 25.0 Å². The summed E-state index contributed by atoms with van der Waals surface area (Å²) < 4.78 is 17.4. The van der Waals surface area contributed by atoms with Gasteiger partial charge in [0.25, 0.3) is 5.91 Å². The maximum Gasteiger partial charge on any atom is 0.268 e. The van der Waals surface area contributed by atoms with Gasteiger partial charge >= 0.3 is 0 Å². The van der Waals surface area contributed by atoms with Crippen molar-refractivity contribution in [3.05, 3.63) is 89.2 Å². The number of rotatable bonds is 8. The third kappa shape index (κ3) is 6.12. The molecule has 7 rings (SSSR count). The van der Waals surface area contributed by atoms with Crippen LogP contribution < -0.4 is 11.1 Å². The second kappa shape index (κ2) is 12.5. The fourth-order valence-electron chi connectivity index (χ4n) is 6.12. The van der Waals surface area contributed by atoms with E-state index < -0.39 is 0 Å². The van der Waals surface area contributed by atoms with Crippen LogP contribution in [0.25, 0.3) is 38.7 Å². The molecule has 1 saturated heterocycles. The Bertz CT molecular complexity index is 2100. The molecule has 0 radical (unpaired) electrons. The number of primary amides is 1. The third-order valence-corrected chi connectivity index (χ3v) is 9.50. The number of hydrogen-bond donors (Lipinski definition) is 2. The lowest BCUT2D eigenvalue weighted by molar-refractivity contribution is -0.119. The first-order valence-corrected chi connectivity index (χ1v) is 15.9. The molecule has 238 valence electrons. The zero-order valence-corrected chi connectivity index (χ0v) is 26.5. The lowest BCUT2D eigenvalue weighted by Gasteiger charge is -2.31. The molecule has 1 aromatic carbocycles. The Balaban J connectivity index is 1.21. The fourth-order valence-corrected chi connectivity index (χ4v) is 7.07. The van der Waals surface area contributed by atoms with E-state index in [1.807, 2.05) is 36.0 Å². The number of nitrogens with zero attached hydrogens (tertiary/aromatic N) is 8. The Morgan fingerprint density at radius 2 is 1.83 bits per heavy atom. The van der Waals surface area contributed by atoms with Gasteiger partial charge in [-0.15, -0.1) is 11.3 Å². The van der Waals surface area contributed by atoms with Crippen molar-refractivity contribution in [1.29, 1.82) is 0 Å². The molecule has 0 aliphatic carbocycles. The average Bonchev–Trinajstić information content (AvgIpc) is 3.76. The predicted molar refractivity (Wildman–Crippen MR) is 176 cm³/mol. The van der Waals surface area contributed by atoms with Crippen molar-refractivity contribution in [2.24, 2.45) is 12.8 Å². The largest absolute Gasteiger partial charge is 0.369 e. The van der Waals surface area contributed by atoms with E-state index in [4.69, 9.17) is 15.9 Å². The topological polar surface area (TPSA) is 149 Å². The number of amides is 2. The highest BCUT2D eigenvalue weighted by atomic mass is 32.1. The number of likely N-dealkylation sites (tertiary alicyclic amines) is 1. The maximum atomic E-state index is 13.9. The van der Waals surface area contributed by atoms with Gasteiger partial charge in [-0.2, -0.15) is 10.2 Å². The van der Waals surface area contributed by atoms with Gasteiger partial charge < -0.3 is 11.1 Å². The van der Waals surface area contributed by atoms with E-state index in [-0.39, 0.29) is 30.1 Å². The molecule has 6 aromatic rings. The molecule has 0 spiro atoms. The molecule has 12 nitrogen and oxygen atoms in total. The van der Waals surface area contributed by atoms with E-state index in [0.717, 1.165) is 48.3 Å². The van der Waals surface area contributed by atoms with Crippen LogP contribution in [0.4, 0.5) is 10.2 Å². The summed E-state index contributed by atoms with van der Waals surface area (Å²) >= 11 is 1.30. The molecular formula is C33H31FN10O2S. The zero-order valence-electron chi connectivity index (χ0n) is 25.7. The molecule has 1 fully saturated rings. The number of piperidine rings is 1. The summed E-state index contributed by atoms with van der Waals surface area (Å²) in [5.74, 6) is -0.483. The molecule has 5 aromatic heterocycles. The molecule has 0 saturated carbocycles. The summed E-state index contributed by atoms with van der Waals surface area (Å²) in [4.78, 5) is 40.6. The van der Waals surface area contributed by atoms with Crippen LogP contribution >= 0.6 is 11.3 Å². The zero-order chi connectivity index (χ0) is 32.7. The minimum Gasteiger partial charge on any atom is -0.369 e. The summed E-state index contributed by atoms with van der Waals surface area (Å²) in [6.07, 6.45) is 6.70. The summed E-state index contributed by atoms with van der Waals surface area (Å²) in [6, 6.07) is 13.7. The Kier molecular flexibility index (Phi) is 8.03. The molecule has 47 heavy (non-hydrogen) atoms. The van der Waals surface area contributed by atoms with E-state index in [1.54, 1.807) is 42.2 Å². The standard InChI is InChI=1S/C33H31FN10O2S/c1-19-31(47-33(37-19)22-4-3-13-36-16-22)32(46)39-26-18-44-27(38-26)10-9-24(40-44)28-29(20-5-7-23(34)8-6-20)41-42(2)30(28)21-11-14-43(15-12-21)17-25(35)45/h3-10,13,16,18,21H,11-12,14-15,17H2,1-2H3,(H2,35,45)(H,39,46). The summed E-state index contributed by atoms with van der Waals surface area (Å²) in [5, 5.41) is 13.4. The van der Waals surface area contributed by atoms with Gasteiger partial charge in [0.1, 0.15) is 21.4 Å². The number of aryl methyl sites for hydroxylation is 2. The highest BCUT2D eigenvalue weighted by Gasteiger charge is 2.30. The van der Waals surface area contributed by atoms with E-state index in [1.165, 1.54) is 23.5 Å². The van der Waals surface area contributed by atoms with E-state index >= 15 is 0 Å². The smallest absolute Gasteiger partial charge is 0.268 e.